The third kappa shape index (κ3) is 4.14. The summed E-state index contributed by atoms with van der Waals surface area (Å²) in [6.45, 7) is 6.27. The number of nitrogens with zero attached hydrogens (tertiary/aromatic N) is 4. The van der Waals surface area contributed by atoms with Gasteiger partial charge in [-0.1, -0.05) is 30.3 Å². The number of carbonyl (C=O) groups excluding carboxylic acids is 1. The second-order valence-corrected chi connectivity index (χ2v) is 8.24. The van der Waals surface area contributed by atoms with Crippen LogP contribution in [0.2, 0.25) is 0 Å². The summed E-state index contributed by atoms with van der Waals surface area (Å²) in [5.41, 5.74) is 1.20. The van der Waals surface area contributed by atoms with Gasteiger partial charge in [-0.25, -0.2) is 4.98 Å². The highest BCUT2D eigenvalue weighted by Gasteiger charge is 2.37. The van der Waals surface area contributed by atoms with E-state index < -0.39 is 0 Å². The Bertz CT molecular complexity index is 771. The molecule has 2 saturated heterocycles. The summed E-state index contributed by atoms with van der Waals surface area (Å²) in [6.07, 6.45) is 2.80. The lowest BCUT2D eigenvalue weighted by atomic mass is 10.1. The van der Waals surface area contributed by atoms with E-state index in [9.17, 15) is 4.79 Å². The normalized spacial score (nSPS) is 25.8. The maximum Gasteiger partial charge on any atom is 0.245 e. The van der Waals surface area contributed by atoms with Gasteiger partial charge in [0.05, 0.1) is 12.2 Å². The van der Waals surface area contributed by atoms with E-state index in [1.807, 2.05) is 36.9 Å². The first kappa shape index (κ1) is 18.4. The van der Waals surface area contributed by atoms with E-state index in [0.29, 0.717) is 13.1 Å². The molecule has 0 spiro atoms. The largest absolute Gasteiger partial charge is 0.372 e. The number of hydrogen-bond acceptors (Lipinski definition) is 6. The molecule has 0 bridgehead atoms. The molecular weight excluding hydrogens is 360 g/mol. The van der Waals surface area contributed by atoms with Crippen molar-refractivity contribution in [2.24, 2.45) is 0 Å². The summed E-state index contributed by atoms with van der Waals surface area (Å²) in [5, 5.41) is 0.867. The monoisotopic (exact) mass is 386 g/mol. The van der Waals surface area contributed by atoms with E-state index in [1.165, 1.54) is 17.1 Å². The maximum absolute atomic E-state index is 13.2. The highest BCUT2D eigenvalue weighted by Crippen LogP contribution is 2.29. The Morgan fingerprint density at radius 2 is 1.96 bits per heavy atom. The van der Waals surface area contributed by atoms with Gasteiger partial charge in [0.15, 0.2) is 0 Å². The summed E-state index contributed by atoms with van der Waals surface area (Å²) in [4.78, 5) is 22.0. The van der Waals surface area contributed by atoms with Crippen molar-refractivity contribution in [1.29, 1.82) is 0 Å². The van der Waals surface area contributed by atoms with Crippen LogP contribution in [0.5, 0.6) is 0 Å². The molecule has 2 aromatic rings. The fraction of sp³-hybridized carbons (Fsp3) is 0.550. The first-order valence-electron chi connectivity index (χ1n) is 9.67. The molecule has 3 unspecified atom stereocenters. The van der Waals surface area contributed by atoms with Crippen LogP contribution < -0.4 is 4.90 Å². The molecule has 3 heterocycles. The van der Waals surface area contributed by atoms with Gasteiger partial charge in [0, 0.05) is 37.6 Å². The van der Waals surface area contributed by atoms with E-state index in [1.54, 1.807) is 0 Å². The van der Waals surface area contributed by atoms with Crippen molar-refractivity contribution in [3.05, 3.63) is 41.7 Å². The molecule has 1 amide bonds. The minimum absolute atomic E-state index is 0.0894. The first-order chi connectivity index (χ1) is 13.1. The molecule has 4 rings (SSSR count). The van der Waals surface area contributed by atoms with Crippen molar-refractivity contribution >= 4 is 22.6 Å². The van der Waals surface area contributed by atoms with Crippen LogP contribution in [-0.4, -0.2) is 58.0 Å². The smallest absolute Gasteiger partial charge is 0.245 e. The Kier molecular flexibility index (Phi) is 5.41. The van der Waals surface area contributed by atoms with E-state index in [-0.39, 0.29) is 24.2 Å². The summed E-state index contributed by atoms with van der Waals surface area (Å²) in [6, 6.07) is 10.1. The van der Waals surface area contributed by atoms with Gasteiger partial charge >= 0.3 is 0 Å². The fourth-order valence-electron chi connectivity index (χ4n) is 4.03. The van der Waals surface area contributed by atoms with Crippen LogP contribution in [-0.2, 0) is 16.0 Å². The predicted molar refractivity (Wildman–Crippen MR) is 106 cm³/mol. The van der Waals surface area contributed by atoms with Crippen LogP contribution in [0.1, 0.15) is 38.1 Å². The highest BCUT2D eigenvalue weighted by molar-refractivity contribution is 7.09. The van der Waals surface area contributed by atoms with E-state index in [0.717, 1.165) is 36.8 Å². The molecule has 6 nitrogen and oxygen atoms in total. The molecule has 0 saturated carbocycles. The summed E-state index contributed by atoms with van der Waals surface area (Å²) < 4.78 is 10.3. The third-order valence-electron chi connectivity index (χ3n) is 5.18. The number of benzene rings is 1. The number of aromatic nitrogens is 2. The van der Waals surface area contributed by atoms with Gasteiger partial charge < -0.3 is 14.5 Å². The molecule has 1 aromatic heterocycles. The van der Waals surface area contributed by atoms with Crippen LogP contribution in [0, 0.1) is 0 Å². The standard InChI is InChI=1S/C20H26N4O2S/c1-14-12-23(13-15(2)26-14)19(25)17-9-6-10-24(17)20-21-18(22-27-20)11-16-7-4-3-5-8-16/h3-5,7-8,14-15,17H,6,9-13H2,1-2H3. The quantitative estimate of drug-likeness (QED) is 0.809. The molecule has 2 aliphatic heterocycles. The Morgan fingerprint density at radius 1 is 1.22 bits per heavy atom. The van der Waals surface area contributed by atoms with Gasteiger partial charge in [-0.2, -0.15) is 4.37 Å². The highest BCUT2D eigenvalue weighted by atomic mass is 32.1. The Morgan fingerprint density at radius 3 is 2.70 bits per heavy atom. The molecule has 0 N–H and O–H groups in total. The van der Waals surface area contributed by atoms with Crippen LogP contribution in [0.15, 0.2) is 30.3 Å². The molecule has 144 valence electrons. The van der Waals surface area contributed by atoms with Crippen molar-refractivity contribution in [3.63, 3.8) is 0 Å². The molecule has 2 aliphatic rings. The number of anilines is 1. The van der Waals surface area contributed by atoms with E-state index >= 15 is 0 Å². The number of rotatable bonds is 4. The third-order valence-corrected chi connectivity index (χ3v) is 5.97. The average Bonchev–Trinajstić information content (AvgIpc) is 3.30. The van der Waals surface area contributed by atoms with Crippen LogP contribution in [0.3, 0.4) is 0 Å². The zero-order valence-electron chi connectivity index (χ0n) is 15.9. The maximum atomic E-state index is 13.2. The van der Waals surface area contributed by atoms with Crippen LogP contribution >= 0.6 is 11.5 Å². The summed E-state index contributed by atoms with van der Waals surface area (Å²) in [5.74, 6) is 1.03. The molecule has 0 radical (unpaired) electrons. The topological polar surface area (TPSA) is 58.6 Å². The van der Waals surface area contributed by atoms with Crippen molar-refractivity contribution in [3.8, 4) is 0 Å². The van der Waals surface area contributed by atoms with Gasteiger partial charge in [0.2, 0.25) is 11.0 Å². The van der Waals surface area contributed by atoms with Crippen molar-refractivity contribution in [2.75, 3.05) is 24.5 Å². The van der Waals surface area contributed by atoms with E-state index in [4.69, 9.17) is 9.72 Å². The molecule has 2 fully saturated rings. The predicted octanol–water partition coefficient (Wildman–Crippen LogP) is 2.73. The van der Waals surface area contributed by atoms with Gasteiger partial charge in [-0.3, -0.25) is 4.79 Å². The van der Waals surface area contributed by atoms with Gasteiger partial charge in [-0.15, -0.1) is 0 Å². The molecule has 7 heteroatoms. The summed E-state index contributed by atoms with van der Waals surface area (Å²) in [7, 11) is 0. The van der Waals surface area contributed by atoms with Crippen molar-refractivity contribution in [2.45, 2.75) is 51.4 Å². The van der Waals surface area contributed by atoms with Gasteiger partial charge in [0.25, 0.3) is 0 Å². The number of amides is 1. The number of ether oxygens (including phenoxy) is 1. The second kappa shape index (κ2) is 7.94. The van der Waals surface area contributed by atoms with E-state index in [2.05, 4.69) is 21.4 Å². The molecule has 0 aliphatic carbocycles. The second-order valence-electron chi connectivity index (χ2n) is 7.51. The fourth-order valence-corrected chi connectivity index (χ4v) is 4.79. The lowest BCUT2D eigenvalue weighted by molar-refractivity contribution is -0.144. The number of morpholine rings is 1. The van der Waals surface area contributed by atoms with Crippen LogP contribution in [0.25, 0.3) is 0 Å². The zero-order chi connectivity index (χ0) is 18.8. The molecular formula is C20H26N4O2S. The Hall–Kier alpha value is -1.99. The SMILES string of the molecule is CC1CN(C(=O)C2CCCN2c2nc(Cc3ccccc3)ns2)CC(C)O1. The zero-order valence-corrected chi connectivity index (χ0v) is 16.7. The lowest BCUT2D eigenvalue weighted by Crippen LogP contribution is -2.53. The molecule has 1 aromatic carbocycles. The lowest BCUT2D eigenvalue weighted by Gasteiger charge is -2.38. The van der Waals surface area contributed by atoms with Crippen molar-refractivity contribution in [1.82, 2.24) is 14.3 Å². The molecule has 3 atom stereocenters. The van der Waals surface area contributed by atoms with Gasteiger partial charge in [-0.05, 0) is 32.3 Å². The minimum Gasteiger partial charge on any atom is -0.372 e. The number of hydrogen-bond donors (Lipinski definition) is 0. The minimum atomic E-state index is -0.125. The first-order valence-corrected chi connectivity index (χ1v) is 10.4. The van der Waals surface area contributed by atoms with Crippen molar-refractivity contribution < 1.29 is 9.53 Å². The van der Waals surface area contributed by atoms with Gasteiger partial charge in [0.1, 0.15) is 11.9 Å². The molecule has 27 heavy (non-hydrogen) atoms. The summed E-state index contributed by atoms with van der Waals surface area (Å²) >= 11 is 1.40. The Balaban J connectivity index is 1.46. The average molecular weight is 387 g/mol. The van der Waals surface area contributed by atoms with Crippen LogP contribution in [0.4, 0.5) is 5.13 Å². The Labute approximate surface area is 164 Å². The number of carbonyl (C=O) groups is 1.